The van der Waals surface area contributed by atoms with Crippen LogP contribution in [-0.2, 0) is 19.1 Å². The Morgan fingerprint density at radius 1 is 1.08 bits per heavy atom. The van der Waals surface area contributed by atoms with Crippen LogP contribution in [0.3, 0.4) is 0 Å². The quantitative estimate of drug-likeness (QED) is 0.251. The summed E-state index contributed by atoms with van der Waals surface area (Å²) in [6.07, 6.45) is 10.3. The maximum Gasteiger partial charge on any atom is 0.248 e. The van der Waals surface area contributed by atoms with E-state index in [9.17, 15) is 19.5 Å². The lowest BCUT2D eigenvalue weighted by molar-refractivity contribution is -0.154. The Kier molecular flexibility index (Phi) is 9.98. The van der Waals surface area contributed by atoms with Crippen LogP contribution >= 0.6 is 0 Å². The second kappa shape index (κ2) is 12.6. The van der Waals surface area contributed by atoms with Crippen molar-refractivity contribution < 1.29 is 24.2 Å². The van der Waals surface area contributed by atoms with E-state index in [4.69, 9.17) is 4.74 Å². The third kappa shape index (κ3) is 5.24. The minimum absolute atomic E-state index is 0.0990. The summed E-state index contributed by atoms with van der Waals surface area (Å²) < 4.78 is 6.85. The number of amides is 3. The van der Waals surface area contributed by atoms with Crippen LogP contribution in [0.1, 0.15) is 71.6 Å². The van der Waals surface area contributed by atoms with Gasteiger partial charge < -0.3 is 24.5 Å². The van der Waals surface area contributed by atoms with E-state index in [2.05, 4.69) is 20.1 Å². The highest BCUT2D eigenvalue weighted by Crippen LogP contribution is 2.64. The lowest BCUT2D eigenvalue weighted by Crippen LogP contribution is -2.56. The van der Waals surface area contributed by atoms with Gasteiger partial charge in [-0.05, 0) is 44.9 Å². The van der Waals surface area contributed by atoms with Gasteiger partial charge in [0.05, 0.1) is 17.4 Å². The van der Waals surface area contributed by atoms with E-state index in [1.54, 1.807) is 29.0 Å². The minimum Gasteiger partial charge on any atom is -0.396 e. The summed E-state index contributed by atoms with van der Waals surface area (Å²) in [4.78, 5) is 47.3. The molecule has 3 amide bonds. The Balaban J connectivity index is 2.02. The molecule has 8 nitrogen and oxygen atoms in total. The second-order valence-corrected chi connectivity index (χ2v) is 10.9. The first-order chi connectivity index (χ1) is 17.8. The molecule has 1 N–H and O–H groups in total. The van der Waals surface area contributed by atoms with Gasteiger partial charge in [0.25, 0.3) is 0 Å². The molecule has 3 saturated heterocycles. The van der Waals surface area contributed by atoms with E-state index >= 15 is 0 Å². The average Bonchev–Trinajstić information content (AvgIpc) is 3.49. The van der Waals surface area contributed by atoms with Crippen LogP contribution in [0.15, 0.2) is 25.3 Å². The molecule has 3 aliphatic rings. The van der Waals surface area contributed by atoms with Gasteiger partial charge in [0.2, 0.25) is 17.7 Å². The molecule has 0 saturated carbocycles. The molecule has 1 spiro atoms. The topological polar surface area (TPSA) is 90.4 Å². The molecule has 0 aromatic carbocycles. The summed E-state index contributed by atoms with van der Waals surface area (Å²) >= 11 is 0. The monoisotopic (exact) mass is 517 g/mol. The van der Waals surface area contributed by atoms with Crippen molar-refractivity contribution >= 4 is 17.7 Å². The highest BCUT2D eigenvalue weighted by Gasteiger charge is 2.78. The number of rotatable bonds is 16. The molecule has 3 rings (SSSR count). The standard InChI is InChI=1S/C29H47N3O5/c1-6-10-12-19-31(18-8-3)27(36)24-29-16-15-28(9-4,37-29)22(25(34)30(5)17-7-2)23(29)26(35)32(24)20-13-11-14-21-33/h7-8,22-24,33H,2-3,6,9-21H2,1,4-5H3/t22-,23-,24?,28+,29?/m0/s1. The van der Waals surface area contributed by atoms with Crippen molar-refractivity contribution in [2.75, 3.05) is 39.8 Å². The van der Waals surface area contributed by atoms with E-state index in [1.807, 2.05) is 11.8 Å². The third-order valence-electron chi connectivity index (χ3n) is 8.71. The van der Waals surface area contributed by atoms with Crippen molar-refractivity contribution in [1.82, 2.24) is 14.7 Å². The van der Waals surface area contributed by atoms with Gasteiger partial charge in [-0.2, -0.15) is 0 Å². The van der Waals surface area contributed by atoms with Crippen LogP contribution in [-0.4, -0.2) is 94.6 Å². The number of likely N-dealkylation sites (tertiary alicyclic amines) is 1. The number of carbonyl (C=O) groups is 3. The van der Waals surface area contributed by atoms with E-state index < -0.39 is 29.1 Å². The number of aliphatic hydroxyl groups is 1. The van der Waals surface area contributed by atoms with Crippen molar-refractivity contribution in [3.8, 4) is 0 Å². The number of hydrogen-bond donors (Lipinski definition) is 1. The molecule has 2 bridgehead atoms. The molecule has 37 heavy (non-hydrogen) atoms. The zero-order valence-corrected chi connectivity index (χ0v) is 23.1. The molecule has 2 unspecified atom stereocenters. The highest BCUT2D eigenvalue weighted by atomic mass is 16.5. The molecular formula is C29H47N3O5. The number of carbonyl (C=O) groups excluding carboxylic acids is 3. The van der Waals surface area contributed by atoms with Gasteiger partial charge in [0, 0.05) is 39.8 Å². The molecule has 3 aliphatic heterocycles. The molecule has 0 aromatic heterocycles. The summed E-state index contributed by atoms with van der Waals surface area (Å²) in [6, 6.07) is -0.753. The number of aliphatic hydroxyl groups excluding tert-OH is 1. The van der Waals surface area contributed by atoms with E-state index in [0.29, 0.717) is 58.3 Å². The van der Waals surface area contributed by atoms with Gasteiger partial charge >= 0.3 is 0 Å². The predicted molar refractivity (Wildman–Crippen MR) is 144 cm³/mol. The molecule has 3 fully saturated rings. The number of unbranched alkanes of at least 4 members (excludes halogenated alkanes) is 4. The van der Waals surface area contributed by atoms with Gasteiger partial charge in [-0.25, -0.2) is 0 Å². The zero-order valence-electron chi connectivity index (χ0n) is 23.1. The Morgan fingerprint density at radius 2 is 1.81 bits per heavy atom. The second-order valence-electron chi connectivity index (χ2n) is 10.9. The van der Waals surface area contributed by atoms with Crippen molar-refractivity contribution in [2.45, 2.75) is 88.9 Å². The molecule has 208 valence electrons. The summed E-state index contributed by atoms with van der Waals surface area (Å²) in [5.74, 6) is -1.65. The summed E-state index contributed by atoms with van der Waals surface area (Å²) in [5.41, 5.74) is -1.74. The SMILES string of the molecule is C=CCN(C)C(=O)[C@@H]1[C@H]2C(=O)N(CCCCCO)C(C(=O)N(CC=C)CCCCC)C23CC[C@@]1(CC)O3. The molecule has 8 heteroatoms. The van der Waals surface area contributed by atoms with Gasteiger partial charge in [-0.3, -0.25) is 14.4 Å². The summed E-state index contributed by atoms with van der Waals surface area (Å²) in [5, 5.41) is 9.23. The Bertz CT molecular complexity index is 862. The third-order valence-corrected chi connectivity index (χ3v) is 8.71. The van der Waals surface area contributed by atoms with Gasteiger partial charge in [-0.1, -0.05) is 38.8 Å². The van der Waals surface area contributed by atoms with Crippen LogP contribution in [0.25, 0.3) is 0 Å². The number of fused-ring (bicyclic) bond motifs is 1. The van der Waals surface area contributed by atoms with Crippen LogP contribution in [0.4, 0.5) is 0 Å². The first-order valence-corrected chi connectivity index (χ1v) is 14.2. The predicted octanol–water partition coefficient (Wildman–Crippen LogP) is 3.15. The van der Waals surface area contributed by atoms with E-state index in [1.165, 1.54) is 0 Å². The van der Waals surface area contributed by atoms with Crippen molar-refractivity contribution in [1.29, 1.82) is 0 Å². The summed E-state index contributed by atoms with van der Waals surface area (Å²) in [6.45, 7) is 13.7. The van der Waals surface area contributed by atoms with Crippen LogP contribution in [0, 0.1) is 11.8 Å². The normalized spacial score (nSPS) is 29.9. The van der Waals surface area contributed by atoms with E-state index in [-0.39, 0.29) is 24.3 Å². The maximum absolute atomic E-state index is 14.3. The number of ether oxygens (including phenoxy) is 1. The van der Waals surface area contributed by atoms with Crippen molar-refractivity contribution in [3.05, 3.63) is 25.3 Å². The summed E-state index contributed by atoms with van der Waals surface area (Å²) in [7, 11) is 1.74. The minimum atomic E-state index is -0.999. The Labute approximate surface area is 222 Å². The number of hydrogen-bond acceptors (Lipinski definition) is 5. The fourth-order valence-corrected chi connectivity index (χ4v) is 6.88. The van der Waals surface area contributed by atoms with Gasteiger partial charge in [-0.15, -0.1) is 13.2 Å². The van der Waals surface area contributed by atoms with E-state index in [0.717, 1.165) is 25.7 Å². The molecule has 5 atom stereocenters. The molecule has 0 aliphatic carbocycles. The van der Waals surface area contributed by atoms with Crippen LogP contribution in [0.2, 0.25) is 0 Å². The van der Waals surface area contributed by atoms with Crippen molar-refractivity contribution in [3.63, 3.8) is 0 Å². The molecule has 0 aromatic rings. The maximum atomic E-state index is 14.3. The first kappa shape index (κ1) is 29.4. The Morgan fingerprint density at radius 3 is 2.43 bits per heavy atom. The lowest BCUT2D eigenvalue weighted by Gasteiger charge is -2.37. The fourth-order valence-electron chi connectivity index (χ4n) is 6.88. The van der Waals surface area contributed by atoms with Crippen LogP contribution in [0.5, 0.6) is 0 Å². The molecule has 3 heterocycles. The highest BCUT2D eigenvalue weighted by molar-refractivity contribution is 5.99. The molecule has 0 radical (unpaired) electrons. The largest absolute Gasteiger partial charge is 0.396 e. The smallest absolute Gasteiger partial charge is 0.248 e. The first-order valence-electron chi connectivity index (χ1n) is 14.2. The lowest BCUT2D eigenvalue weighted by atomic mass is 9.64. The Hall–Kier alpha value is -2.19. The van der Waals surface area contributed by atoms with Gasteiger partial charge in [0.1, 0.15) is 11.6 Å². The van der Waals surface area contributed by atoms with Gasteiger partial charge in [0.15, 0.2) is 0 Å². The number of nitrogens with zero attached hydrogens (tertiary/aromatic N) is 3. The fraction of sp³-hybridized carbons (Fsp3) is 0.759. The van der Waals surface area contributed by atoms with Crippen LogP contribution < -0.4 is 0 Å². The molecular weight excluding hydrogens is 470 g/mol. The van der Waals surface area contributed by atoms with Crippen molar-refractivity contribution in [2.24, 2.45) is 11.8 Å². The average molecular weight is 518 g/mol. The zero-order chi connectivity index (χ0) is 27.2. The number of likely N-dealkylation sites (N-methyl/N-ethyl adjacent to an activating group) is 1.